The Hall–Kier alpha value is -1.62. The number of fused-ring (bicyclic) bond motifs is 1. The van der Waals surface area contributed by atoms with E-state index in [0.29, 0.717) is 4.80 Å². The molecule has 0 saturated carbocycles. The van der Waals surface area contributed by atoms with Crippen LogP contribution in [0.5, 0.6) is 0 Å². The maximum absolute atomic E-state index is 10.9. The van der Waals surface area contributed by atoms with Crippen molar-refractivity contribution in [3.63, 3.8) is 0 Å². The van der Waals surface area contributed by atoms with Crippen LogP contribution in [0, 0.1) is 5.41 Å². The number of amides is 1. The van der Waals surface area contributed by atoms with E-state index >= 15 is 0 Å². The molecule has 16 heavy (non-hydrogen) atoms. The van der Waals surface area contributed by atoms with Crippen LogP contribution < -0.4 is 10.1 Å². The van der Waals surface area contributed by atoms with Crippen molar-refractivity contribution in [1.82, 2.24) is 4.57 Å². The summed E-state index contributed by atoms with van der Waals surface area (Å²) in [5.74, 6) is -0.0784. The van der Waals surface area contributed by atoms with Crippen LogP contribution >= 0.6 is 11.3 Å². The molecule has 0 spiro atoms. The first-order valence-corrected chi connectivity index (χ1v) is 5.89. The fourth-order valence-corrected chi connectivity index (χ4v) is 2.70. The van der Waals surface area contributed by atoms with Gasteiger partial charge in [0.15, 0.2) is 4.80 Å². The topological polar surface area (TPSA) is 57.9 Å². The third-order valence-corrected chi connectivity index (χ3v) is 3.30. The summed E-state index contributed by atoms with van der Waals surface area (Å²) >= 11 is 1.42. The predicted molar refractivity (Wildman–Crippen MR) is 65.6 cm³/mol. The summed E-state index contributed by atoms with van der Waals surface area (Å²) in [7, 11) is 0. The van der Waals surface area contributed by atoms with Gasteiger partial charge in [0.05, 0.1) is 10.2 Å². The van der Waals surface area contributed by atoms with Gasteiger partial charge < -0.3 is 9.88 Å². The van der Waals surface area contributed by atoms with Gasteiger partial charge in [-0.05, 0) is 25.1 Å². The van der Waals surface area contributed by atoms with Crippen molar-refractivity contribution in [2.75, 3.05) is 5.32 Å². The van der Waals surface area contributed by atoms with Crippen molar-refractivity contribution in [2.45, 2.75) is 20.4 Å². The molecule has 1 aromatic carbocycles. The van der Waals surface area contributed by atoms with E-state index in [1.54, 1.807) is 0 Å². The minimum atomic E-state index is -0.0784. The summed E-state index contributed by atoms with van der Waals surface area (Å²) in [5, 5.41) is 10.5. The number of rotatable bonds is 2. The molecule has 0 unspecified atom stereocenters. The Labute approximate surface area is 97.0 Å². The fourth-order valence-electron chi connectivity index (χ4n) is 1.68. The van der Waals surface area contributed by atoms with Crippen molar-refractivity contribution in [1.29, 1.82) is 5.41 Å². The Kier molecular flexibility index (Phi) is 2.78. The van der Waals surface area contributed by atoms with Crippen molar-refractivity contribution >= 4 is 33.1 Å². The zero-order chi connectivity index (χ0) is 11.7. The molecule has 1 aromatic heterocycles. The van der Waals surface area contributed by atoms with E-state index in [1.807, 2.05) is 29.7 Å². The van der Waals surface area contributed by atoms with Gasteiger partial charge in [-0.15, -0.1) is 0 Å². The lowest BCUT2D eigenvalue weighted by Crippen LogP contribution is -2.10. The number of nitrogens with zero attached hydrogens (tertiary/aromatic N) is 1. The molecule has 0 fully saturated rings. The normalized spacial score (nSPS) is 10.6. The van der Waals surface area contributed by atoms with Crippen molar-refractivity contribution < 1.29 is 4.79 Å². The lowest BCUT2D eigenvalue weighted by Gasteiger charge is -2.03. The molecule has 84 valence electrons. The van der Waals surface area contributed by atoms with Crippen molar-refractivity contribution in [2.24, 2.45) is 0 Å². The Morgan fingerprint density at radius 1 is 1.56 bits per heavy atom. The molecule has 1 amide bonds. The van der Waals surface area contributed by atoms with Crippen LogP contribution in [0.4, 0.5) is 5.69 Å². The lowest BCUT2D eigenvalue weighted by atomic mass is 10.3. The molecule has 0 bridgehead atoms. The molecule has 2 N–H and O–H groups in total. The Morgan fingerprint density at radius 3 is 2.94 bits per heavy atom. The molecule has 0 aliphatic rings. The van der Waals surface area contributed by atoms with Crippen LogP contribution in [0.3, 0.4) is 0 Å². The van der Waals surface area contributed by atoms with E-state index in [2.05, 4.69) is 5.32 Å². The highest BCUT2D eigenvalue weighted by atomic mass is 32.1. The standard InChI is InChI=1S/C11H13N3OS/c1-3-14-9-5-4-8(13-7(2)15)6-10(9)16-11(14)12/h4-6,12H,3H2,1-2H3,(H,13,15). The SMILES string of the molecule is CCn1c(=N)sc2cc(NC(C)=O)ccc21. The summed E-state index contributed by atoms with van der Waals surface area (Å²) in [6.07, 6.45) is 0. The van der Waals surface area contributed by atoms with E-state index < -0.39 is 0 Å². The summed E-state index contributed by atoms with van der Waals surface area (Å²) in [6.45, 7) is 4.30. The molecule has 2 aromatic rings. The first-order valence-electron chi connectivity index (χ1n) is 5.07. The zero-order valence-electron chi connectivity index (χ0n) is 9.20. The molecule has 1 heterocycles. The maximum Gasteiger partial charge on any atom is 0.221 e. The van der Waals surface area contributed by atoms with E-state index in [9.17, 15) is 4.79 Å². The molecule has 4 nitrogen and oxygen atoms in total. The summed E-state index contributed by atoms with van der Waals surface area (Å²) < 4.78 is 2.97. The van der Waals surface area contributed by atoms with Gasteiger partial charge in [0.2, 0.25) is 5.91 Å². The second-order valence-electron chi connectivity index (χ2n) is 3.52. The number of anilines is 1. The van der Waals surface area contributed by atoms with Crippen LogP contribution in [0.15, 0.2) is 18.2 Å². The number of aromatic nitrogens is 1. The number of benzene rings is 1. The Bertz CT molecular complexity index is 597. The largest absolute Gasteiger partial charge is 0.326 e. The second kappa shape index (κ2) is 4.09. The lowest BCUT2D eigenvalue weighted by molar-refractivity contribution is -0.114. The van der Waals surface area contributed by atoms with Crippen LogP contribution in [0.1, 0.15) is 13.8 Å². The highest BCUT2D eigenvalue weighted by Crippen LogP contribution is 2.21. The maximum atomic E-state index is 10.9. The first kappa shape index (κ1) is 10.9. The van der Waals surface area contributed by atoms with Crippen LogP contribution in [0.2, 0.25) is 0 Å². The highest BCUT2D eigenvalue weighted by molar-refractivity contribution is 7.16. The molecule has 0 atom stereocenters. The number of hydrogen-bond acceptors (Lipinski definition) is 3. The van der Waals surface area contributed by atoms with Gasteiger partial charge >= 0.3 is 0 Å². The smallest absolute Gasteiger partial charge is 0.221 e. The third kappa shape index (κ3) is 1.86. The average molecular weight is 235 g/mol. The quantitative estimate of drug-likeness (QED) is 0.823. The molecule has 0 aliphatic carbocycles. The highest BCUT2D eigenvalue weighted by Gasteiger charge is 2.05. The third-order valence-electron chi connectivity index (χ3n) is 2.34. The molecular weight excluding hydrogens is 222 g/mol. The molecular formula is C11H13N3OS. The number of carbonyl (C=O) groups excluding carboxylic acids is 1. The van der Waals surface area contributed by atoms with Gasteiger partial charge in [0.1, 0.15) is 0 Å². The van der Waals surface area contributed by atoms with Crippen LogP contribution in [-0.2, 0) is 11.3 Å². The molecule has 5 heteroatoms. The predicted octanol–water partition coefficient (Wildman–Crippen LogP) is 2.16. The summed E-state index contributed by atoms with van der Waals surface area (Å²) in [4.78, 5) is 11.5. The number of hydrogen-bond donors (Lipinski definition) is 2. The van der Waals surface area contributed by atoms with Gasteiger partial charge in [-0.2, -0.15) is 0 Å². The zero-order valence-corrected chi connectivity index (χ0v) is 10.0. The molecule has 0 aliphatic heterocycles. The van der Waals surface area contributed by atoms with Gasteiger partial charge in [-0.1, -0.05) is 11.3 Å². The summed E-state index contributed by atoms with van der Waals surface area (Å²) in [5.41, 5.74) is 1.83. The van der Waals surface area contributed by atoms with E-state index in [4.69, 9.17) is 5.41 Å². The number of carbonyl (C=O) groups is 1. The summed E-state index contributed by atoms with van der Waals surface area (Å²) in [6, 6.07) is 5.71. The van der Waals surface area contributed by atoms with Crippen molar-refractivity contribution in [3.05, 3.63) is 23.0 Å². The van der Waals surface area contributed by atoms with Crippen molar-refractivity contribution in [3.8, 4) is 0 Å². The molecule has 0 radical (unpaired) electrons. The van der Waals surface area contributed by atoms with Gasteiger partial charge in [-0.3, -0.25) is 10.2 Å². The van der Waals surface area contributed by atoms with Crippen LogP contribution in [-0.4, -0.2) is 10.5 Å². The minimum Gasteiger partial charge on any atom is -0.326 e. The number of thiazole rings is 1. The van der Waals surface area contributed by atoms with Gasteiger partial charge in [0.25, 0.3) is 0 Å². The van der Waals surface area contributed by atoms with E-state index in [1.165, 1.54) is 18.3 Å². The molecule has 2 rings (SSSR count). The fraction of sp³-hybridized carbons (Fsp3) is 0.273. The van der Waals surface area contributed by atoms with Gasteiger partial charge in [-0.25, -0.2) is 0 Å². The average Bonchev–Trinajstić information content (AvgIpc) is 2.51. The Morgan fingerprint density at radius 2 is 2.31 bits per heavy atom. The van der Waals surface area contributed by atoms with Crippen LogP contribution in [0.25, 0.3) is 10.2 Å². The van der Waals surface area contributed by atoms with Gasteiger partial charge in [0, 0.05) is 19.2 Å². The first-order chi connectivity index (χ1) is 7.61. The van der Waals surface area contributed by atoms with E-state index in [-0.39, 0.29) is 5.91 Å². The second-order valence-corrected chi connectivity index (χ2v) is 4.55. The molecule has 0 saturated heterocycles. The minimum absolute atomic E-state index is 0.0784. The monoisotopic (exact) mass is 235 g/mol. The Balaban J connectivity index is 2.56. The van der Waals surface area contributed by atoms with E-state index in [0.717, 1.165) is 22.4 Å². The number of nitrogens with one attached hydrogen (secondary N) is 2. The number of aryl methyl sites for hydroxylation is 1.